The molecule has 2 aromatic carbocycles. The van der Waals surface area contributed by atoms with E-state index in [1.807, 2.05) is 19.9 Å². The van der Waals surface area contributed by atoms with Crippen LogP contribution in [0.15, 0.2) is 64.6 Å². The zero-order chi connectivity index (χ0) is 25.2. The number of nitrogens with one attached hydrogen (secondary N) is 2. The molecule has 0 fully saturated rings. The van der Waals surface area contributed by atoms with Crippen molar-refractivity contribution in [2.45, 2.75) is 26.0 Å². The van der Waals surface area contributed by atoms with E-state index in [0.29, 0.717) is 15.7 Å². The summed E-state index contributed by atoms with van der Waals surface area (Å²) >= 11 is 14.3. The number of carboxylic acids is 1. The zero-order valence-electron chi connectivity index (χ0n) is 18.7. The van der Waals surface area contributed by atoms with Crippen molar-refractivity contribution < 1.29 is 14.3 Å². The molecule has 9 heteroatoms. The Bertz CT molecular complexity index is 1300. The number of amidine groups is 1. The molecule has 0 saturated heterocycles. The molecule has 3 N–H and O–H groups in total. The highest BCUT2D eigenvalue weighted by atomic mass is 35.5. The normalized spacial score (nSPS) is 16.5. The average Bonchev–Trinajstić information content (AvgIpc) is 2.76. The lowest BCUT2D eigenvalue weighted by atomic mass is 9.99. The fourth-order valence-electron chi connectivity index (χ4n) is 3.67. The van der Waals surface area contributed by atoms with Gasteiger partial charge in [-0.1, -0.05) is 48.0 Å². The van der Waals surface area contributed by atoms with Crippen LogP contribution in [0, 0.1) is 11.2 Å². The molecule has 0 aliphatic carbocycles. The SMILES string of the molecule is C=C/C(=N\C1=C(C)SC(C)c2c1ccc(Cl)c2Cl)N/C(C(=O)O)=C(\C(C)=N)c1cccc(F)c1. The Morgan fingerprint density at radius 2 is 2.03 bits per heavy atom. The number of thioether (sulfide) groups is 1. The van der Waals surface area contributed by atoms with Crippen LogP contribution in [0.3, 0.4) is 0 Å². The summed E-state index contributed by atoms with van der Waals surface area (Å²) in [5.41, 5.74) is 2.15. The van der Waals surface area contributed by atoms with Gasteiger partial charge in [-0.25, -0.2) is 14.2 Å². The first-order chi connectivity index (χ1) is 16.0. The van der Waals surface area contributed by atoms with Crippen LogP contribution in [-0.2, 0) is 4.79 Å². The Hall–Kier alpha value is -2.87. The molecule has 0 saturated carbocycles. The number of carbonyl (C=O) groups is 1. The van der Waals surface area contributed by atoms with E-state index in [9.17, 15) is 14.3 Å². The van der Waals surface area contributed by atoms with Gasteiger partial charge in [-0.05, 0) is 56.2 Å². The number of halogens is 3. The number of aliphatic imine (C=N–C) groups is 1. The number of hydrogen-bond donors (Lipinski definition) is 3. The molecular weight excluding hydrogens is 496 g/mol. The molecule has 0 amide bonds. The van der Waals surface area contributed by atoms with E-state index in [0.717, 1.165) is 16.0 Å². The molecule has 176 valence electrons. The van der Waals surface area contributed by atoms with Gasteiger partial charge in [0, 0.05) is 27.0 Å². The summed E-state index contributed by atoms with van der Waals surface area (Å²) < 4.78 is 13.8. The zero-order valence-corrected chi connectivity index (χ0v) is 21.0. The van der Waals surface area contributed by atoms with Gasteiger partial charge in [0.05, 0.1) is 15.7 Å². The molecule has 2 aromatic rings. The largest absolute Gasteiger partial charge is 0.477 e. The average molecular weight is 518 g/mol. The Kier molecular flexibility index (Phi) is 8.02. The molecule has 34 heavy (non-hydrogen) atoms. The van der Waals surface area contributed by atoms with Crippen LogP contribution in [-0.4, -0.2) is 22.6 Å². The first-order valence-electron chi connectivity index (χ1n) is 10.2. The molecule has 1 aliphatic rings. The van der Waals surface area contributed by atoms with Gasteiger partial charge < -0.3 is 15.8 Å². The molecular formula is C25H22Cl2FN3O2S. The maximum absolute atomic E-state index is 13.8. The standard InChI is InChI=1S/C25H22Cl2FN3O2S/c1-5-19(30-23-14(4)34-13(3)21-17(23)9-10-18(26)22(21)27)31-24(25(32)33)20(12(2)29)15-7-6-8-16(28)11-15/h5-11,13,29H,1H2,2-4H3,(H,30,31)(H,32,33)/b24-20+,29-12?. The monoisotopic (exact) mass is 517 g/mol. The number of hydrogen-bond acceptors (Lipinski definition) is 4. The maximum atomic E-state index is 13.8. The number of rotatable bonds is 6. The lowest BCUT2D eigenvalue weighted by molar-refractivity contribution is -0.132. The van der Waals surface area contributed by atoms with Crippen LogP contribution < -0.4 is 5.32 Å². The van der Waals surface area contributed by atoms with Gasteiger partial charge in [0.15, 0.2) is 0 Å². The summed E-state index contributed by atoms with van der Waals surface area (Å²) in [6, 6.07) is 8.94. The molecule has 0 aromatic heterocycles. The summed E-state index contributed by atoms with van der Waals surface area (Å²) in [5.74, 6) is -1.72. The molecule has 0 radical (unpaired) electrons. The van der Waals surface area contributed by atoms with E-state index in [4.69, 9.17) is 28.6 Å². The van der Waals surface area contributed by atoms with Gasteiger partial charge >= 0.3 is 5.97 Å². The van der Waals surface area contributed by atoms with Crippen molar-refractivity contribution in [1.29, 1.82) is 5.41 Å². The lowest BCUT2D eigenvalue weighted by Gasteiger charge is -2.26. The number of fused-ring (bicyclic) bond motifs is 1. The molecule has 1 aliphatic heterocycles. The lowest BCUT2D eigenvalue weighted by Crippen LogP contribution is -2.28. The summed E-state index contributed by atoms with van der Waals surface area (Å²) in [7, 11) is 0. The highest BCUT2D eigenvalue weighted by Gasteiger charge is 2.27. The van der Waals surface area contributed by atoms with E-state index >= 15 is 0 Å². The van der Waals surface area contributed by atoms with E-state index in [-0.39, 0.29) is 33.6 Å². The van der Waals surface area contributed by atoms with Crippen LogP contribution in [0.2, 0.25) is 10.0 Å². The van der Waals surface area contributed by atoms with E-state index in [1.54, 1.807) is 23.9 Å². The van der Waals surface area contributed by atoms with Crippen molar-refractivity contribution in [3.63, 3.8) is 0 Å². The molecule has 1 unspecified atom stereocenters. The Labute approximate surface area is 211 Å². The summed E-state index contributed by atoms with van der Waals surface area (Å²) in [6.45, 7) is 9.13. The molecule has 1 heterocycles. The smallest absolute Gasteiger partial charge is 0.353 e. The first-order valence-corrected chi connectivity index (χ1v) is 11.8. The topological polar surface area (TPSA) is 85.5 Å². The fraction of sp³-hybridized carbons (Fsp3) is 0.160. The first kappa shape index (κ1) is 25.7. The second-order valence-corrected chi connectivity index (χ2v) is 9.84. The number of carboxylic acid groups (broad SMARTS) is 1. The molecule has 5 nitrogen and oxygen atoms in total. The fourth-order valence-corrected chi connectivity index (χ4v) is 5.39. The highest BCUT2D eigenvalue weighted by molar-refractivity contribution is 8.03. The Balaban J connectivity index is 2.16. The Morgan fingerprint density at radius 3 is 2.62 bits per heavy atom. The number of nitrogens with zero attached hydrogens (tertiary/aromatic N) is 1. The van der Waals surface area contributed by atoms with Gasteiger partial charge in [0.2, 0.25) is 0 Å². The van der Waals surface area contributed by atoms with Crippen LogP contribution in [0.4, 0.5) is 4.39 Å². The highest BCUT2D eigenvalue weighted by Crippen LogP contribution is 2.50. The van der Waals surface area contributed by atoms with Gasteiger partial charge in [-0.3, -0.25) is 0 Å². The third-order valence-electron chi connectivity index (χ3n) is 5.11. The van der Waals surface area contributed by atoms with Gasteiger partial charge in [0.25, 0.3) is 0 Å². The van der Waals surface area contributed by atoms with E-state index in [1.165, 1.54) is 31.2 Å². The van der Waals surface area contributed by atoms with Crippen LogP contribution >= 0.6 is 35.0 Å². The molecule has 0 bridgehead atoms. The molecule has 0 spiro atoms. The molecule has 1 atom stereocenters. The second kappa shape index (κ2) is 10.6. The third kappa shape index (κ3) is 5.27. The summed E-state index contributed by atoms with van der Waals surface area (Å²) in [5, 5.41) is 21.8. The number of benzene rings is 2. The van der Waals surface area contributed by atoms with Gasteiger partial charge in [0.1, 0.15) is 17.3 Å². The van der Waals surface area contributed by atoms with Crippen molar-refractivity contribution in [2.24, 2.45) is 4.99 Å². The number of allylic oxidation sites excluding steroid dienone is 2. The van der Waals surface area contributed by atoms with E-state index in [2.05, 4.69) is 16.9 Å². The summed E-state index contributed by atoms with van der Waals surface area (Å²) in [6.07, 6.45) is 1.38. The minimum atomic E-state index is -1.33. The summed E-state index contributed by atoms with van der Waals surface area (Å²) in [4.78, 5) is 17.8. The molecule has 3 rings (SSSR count). The van der Waals surface area contributed by atoms with Crippen molar-refractivity contribution in [1.82, 2.24) is 5.32 Å². The third-order valence-corrected chi connectivity index (χ3v) is 7.07. The second-order valence-electron chi connectivity index (χ2n) is 7.50. The van der Waals surface area contributed by atoms with Crippen molar-refractivity contribution >= 4 is 63.8 Å². The van der Waals surface area contributed by atoms with Crippen molar-refractivity contribution in [3.8, 4) is 0 Å². The van der Waals surface area contributed by atoms with Crippen LogP contribution in [0.25, 0.3) is 11.3 Å². The minimum absolute atomic E-state index is 0.0362. The quantitative estimate of drug-likeness (QED) is 0.212. The van der Waals surface area contributed by atoms with Crippen LogP contribution in [0.1, 0.15) is 42.7 Å². The predicted octanol–water partition coefficient (Wildman–Crippen LogP) is 7.34. The predicted molar refractivity (Wildman–Crippen MR) is 140 cm³/mol. The van der Waals surface area contributed by atoms with Crippen molar-refractivity contribution in [2.75, 3.05) is 0 Å². The minimum Gasteiger partial charge on any atom is -0.477 e. The Morgan fingerprint density at radius 1 is 1.32 bits per heavy atom. The van der Waals surface area contributed by atoms with Gasteiger partial charge in [-0.15, -0.1) is 11.8 Å². The number of aliphatic carboxylic acids is 1. The van der Waals surface area contributed by atoms with Gasteiger partial charge in [-0.2, -0.15) is 0 Å². The maximum Gasteiger partial charge on any atom is 0.353 e. The van der Waals surface area contributed by atoms with E-state index < -0.39 is 11.8 Å². The van der Waals surface area contributed by atoms with Crippen LogP contribution in [0.5, 0.6) is 0 Å². The van der Waals surface area contributed by atoms with Crippen molar-refractivity contribution in [3.05, 3.63) is 92.2 Å².